The fourth-order valence-electron chi connectivity index (χ4n) is 1.27. The van der Waals surface area contributed by atoms with E-state index in [4.69, 9.17) is 22.1 Å². The van der Waals surface area contributed by atoms with Gasteiger partial charge in [0.2, 0.25) is 0 Å². The highest BCUT2D eigenvalue weighted by atomic mass is 35.5. The van der Waals surface area contributed by atoms with E-state index in [2.05, 4.69) is 5.32 Å². The predicted octanol–water partition coefficient (Wildman–Crippen LogP) is 2.08. The van der Waals surface area contributed by atoms with Crippen LogP contribution in [0.1, 0.15) is 24.2 Å². The van der Waals surface area contributed by atoms with Crippen molar-refractivity contribution in [2.75, 3.05) is 18.9 Å². The maximum Gasteiger partial charge on any atom is 0.252 e. The van der Waals surface area contributed by atoms with Gasteiger partial charge >= 0.3 is 0 Å². The first-order valence-corrected chi connectivity index (χ1v) is 5.83. The number of amides is 1. The molecule has 0 bridgehead atoms. The number of nitrogens with two attached hydrogens (primary N) is 1. The van der Waals surface area contributed by atoms with E-state index in [1.807, 2.05) is 13.8 Å². The molecule has 3 N–H and O–H groups in total. The monoisotopic (exact) mass is 256 g/mol. The molecule has 94 valence electrons. The Labute approximate surface area is 106 Å². The molecule has 17 heavy (non-hydrogen) atoms. The molecule has 0 radical (unpaired) electrons. The number of carbonyl (C=O) groups is 1. The van der Waals surface area contributed by atoms with Crippen LogP contribution in [0.3, 0.4) is 0 Å². The van der Waals surface area contributed by atoms with Crippen molar-refractivity contribution in [3.05, 3.63) is 28.8 Å². The van der Waals surface area contributed by atoms with Crippen molar-refractivity contribution < 1.29 is 9.53 Å². The third kappa shape index (κ3) is 4.63. The fraction of sp³-hybridized carbons (Fsp3) is 0.417. The Hall–Kier alpha value is -1.26. The van der Waals surface area contributed by atoms with Gasteiger partial charge in [-0.1, -0.05) is 11.6 Å². The normalized spacial score (nSPS) is 10.6. The van der Waals surface area contributed by atoms with E-state index >= 15 is 0 Å². The maximum absolute atomic E-state index is 11.8. The van der Waals surface area contributed by atoms with E-state index in [1.54, 1.807) is 18.2 Å². The second-order valence-corrected chi connectivity index (χ2v) is 4.32. The number of carbonyl (C=O) groups excluding carboxylic acids is 1. The van der Waals surface area contributed by atoms with Crippen molar-refractivity contribution in [1.82, 2.24) is 5.32 Å². The average molecular weight is 257 g/mol. The number of nitrogen functional groups attached to an aromatic ring is 1. The van der Waals surface area contributed by atoms with Gasteiger partial charge in [0.1, 0.15) is 0 Å². The van der Waals surface area contributed by atoms with Crippen molar-refractivity contribution in [1.29, 1.82) is 0 Å². The molecular weight excluding hydrogens is 240 g/mol. The number of hydrogen-bond donors (Lipinski definition) is 2. The van der Waals surface area contributed by atoms with Gasteiger partial charge in [0, 0.05) is 12.2 Å². The molecule has 0 saturated carbocycles. The molecule has 0 heterocycles. The van der Waals surface area contributed by atoms with Crippen molar-refractivity contribution in [3.8, 4) is 0 Å². The SMILES string of the molecule is CC(C)OCCNC(=O)c1cc(N)ccc1Cl. The van der Waals surface area contributed by atoms with Crippen LogP contribution in [0.15, 0.2) is 18.2 Å². The second kappa shape index (κ2) is 6.47. The molecule has 1 rings (SSSR count). The molecule has 0 spiro atoms. The number of hydrogen-bond acceptors (Lipinski definition) is 3. The zero-order chi connectivity index (χ0) is 12.8. The standard InChI is InChI=1S/C12H17ClN2O2/c1-8(2)17-6-5-15-12(16)10-7-9(14)3-4-11(10)13/h3-4,7-8H,5-6,14H2,1-2H3,(H,15,16). The number of rotatable bonds is 5. The van der Waals surface area contributed by atoms with Crippen molar-refractivity contribution in [2.45, 2.75) is 20.0 Å². The Morgan fingerprint density at radius 3 is 2.88 bits per heavy atom. The summed E-state index contributed by atoms with van der Waals surface area (Å²) < 4.78 is 5.31. The number of anilines is 1. The van der Waals surface area contributed by atoms with Crippen LogP contribution in [0.5, 0.6) is 0 Å². The van der Waals surface area contributed by atoms with E-state index < -0.39 is 0 Å². The van der Waals surface area contributed by atoms with Gasteiger partial charge in [0.25, 0.3) is 5.91 Å². The zero-order valence-corrected chi connectivity index (χ0v) is 10.8. The summed E-state index contributed by atoms with van der Waals surface area (Å²) in [6.07, 6.45) is 0.155. The number of benzene rings is 1. The molecule has 1 aromatic carbocycles. The van der Waals surface area contributed by atoms with Crippen molar-refractivity contribution in [2.24, 2.45) is 0 Å². The molecule has 0 atom stereocenters. The van der Waals surface area contributed by atoms with Crippen LogP contribution in [0.4, 0.5) is 5.69 Å². The summed E-state index contributed by atoms with van der Waals surface area (Å²) in [7, 11) is 0. The Balaban J connectivity index is 2.49. The van der Waals surface area contributed by atoms with Gasteiger partial charge in [0.05, 0.1) is 23.3 Å². The molecule has 0 saturated heterocycles. The molecule has 1 amide bonds. The van der Waals surface area contributed by atoms with E-state index in [0.717, 1.165) is 0 Å². The summed E-state index contributed by atoms with van der Waals surface area (Å²) in [6.45, 7) is 4.80. The first-order valence-electron chi connectivity index (χ1n) is 5.45. The average Bonchev–Trinajstić information content (AvgIpc) is 2.27. The van der Waals surface area contributed by atoms with Crippen LogP contribution >= 0.6 is 11.6 Å². The smallest absolute Gasteiger partial charge is 0.252 e. The zero-order valence-electron chi connectivity index (χ0n) is 10.00. The lowest BCUT2D eigenvalue weighted by atomic mass is 10.2. The second-order valence-electron chi connectivity index (χ2n) is 3.91. The minimum Gasteiger partial charge on any atom is -0.399 e. The molecule has 5 heteroatoms. The summed E-state index contributed by atoms with van der Waals surface area (Å²) >= 11 is 5.91. The highest BCUT2D eigenvalue weighted by Crippen LogP contribution is 2.18. The minimum absolute atomic E-state index is 0.155. The topological polar surface area (TPSA) is 64.3 Å². The van der Waals surface area contributed by atoms with Crippen LogP contribution in [-0.4, -0.2) is 25.2 Å². The van der Waals surface area contributed by atoms with Gasteiger partial charge < -0.3 is 15.8 Å². The predicted molar refractivity (Wildman–Crippen MR) is 69.3 cm³/mol. The van der Waals surface area contributed by atoms with E-state index in [9.17, 15) is 4.79 Å². The van der Waals surface area contributed by atoms with Crippen LogP contribution in [0, 0.1) is 0 Å². The third-order valence-electron chi connectivity index (χ3n) is 2.07. The molecule has 0 fully saturated rings. The summed E-state index contributed by atoms with van der Waals surface area (Å²) in [6, 6.07) is 4.82. The third-order valence-corrected chi connectivity index (χ3v) is 2.40. The minimum atomic E-state index is -0.241. The lowest BCUT2D eigenvalue weighted by Crippen LogP contribution is -2.28. The Bertz CT molecular complexity index is 394. The first kappa shape index (κ1) is 13.8. The lowest BCUT2D eigenvalue weighted by molar-refractivity contribution is 0.0746. The molecule has 0 aromatic heterocycles. The molecule has 0 aliphatic heterocycles. The van der Waals surface area contributed by atoms with Crippen molar-refractivity contribution in [3.63, 3.8) is 0 Å². The highest BCUT2D eigenvalue weighted by molar-refractivity contribution is 6.34. The summed E-state index contributed by atoms with van der Waals surface area (Å²) in [4.78, 5) is 11.8. The highest BCUT2D eigenvalue weighted by Gasteiger charge is 2.09. The Kier molecular flexibility index (Phi) is 5.25. The fourth-order valence-corrected chi connectivity index (χ4v) is 1.47. The summed E-state index contributed by atoms with van der Waals surface area (Å²) in [5, 5.41) is 3.11. The summed E-state index contributed by atoms with van der Waals surface area (Å²) in [5.41, 5.74) is 6.49. The molecule has 4 nitrogen and oxygen atoms in total. The van der Waals surface area contributed by atoms with Gasteiger partial charge in [-0.25, -0.2) is 0 Å². The van der Waals surface area contributed by atoms with E-state index in [1.165, 1.54) is 0 Å². The molecule has 0 aliphatic carbocycles. The van der Waals surface area contributed by atoms with Crippen LogP contribution in [-0.2, 0) is 4.74 Å². The Morgan fingerprint density at radius 2 is 2.24 bits per heavy atom. The number of ether oxygens (including phenoxy) is 1. The lowest BCUT2D eigenvalue weighted by Gasteiger charge is -2.09. The van der Waals surface area contributed by atoms with Crippen molar-refractivity contribution >= 4 is 23.2 Å². The van der Waals surface area contributed by atoms with Gasteiger partial charge in [-0.15, -0.1) is 0 Å². The number of nitrogens with one attached hydrogen (secondary N) is 1. The van der Waals surface area contributed by atoms with Gasteiger partial charge in [-0.3, -0.25) is 4.79 Å². The van der Waals surface area contributed by atoms with Crippen LogP contribution in [0.2, 0.25) is 5.02 Å². The van der Waals surface area contributed by atoms with E-state index in [0.29, 0.717) is 29.4 Å². The van der Waals surface area contributed by atoms with Gasteiger partial charge in [-0.05, 0) is 32.0 Å². The largest absolute Gasteiger partial charge is 0.399 e. The quantitative estimate of drug-likeness (QED) is 0.626. The van der Waals surface area contributed by atoms with Gasteiger partial charge in [0.15, 0.2) is 0 Å². The molecule has 0 unspecified atom stereocenters. The van der Waals surface area contributed by atoms with E-state index in [-0.39, 0.29) is 12.0 Å². The maximum atomic E-state index is 11.8. The Morgan fingerprint density at radius 1 is 1.53 bits per heavy atom. The summed E-state index contributed by atoms with van der Waals surface area (Å²) in [5.74, 6) is -0.241. The molecule has 0 aliphatic rings. The number of halogens is 1. The van der Waals surface area contributed by atoms with Gasteiger partial charge in [-0.2, -0.15) is 0 Å². The molecule has 1 aromatic rings. The first-order chi connectivity index (χ1) is 8.00. The van der Waals surface area contributed by atoms with Crippen LogP contribution < -0.4 is 11.1 Å². The molecular formula is C12H17ClN2O2. The van der Waals surface area contributed by atoms with Crippen LogP contribution in [0.25, 0.3) is 0 Å².